The highest BCUT2D eigenvalue weighted by molar-refractivity contribution is 5.19. The Bertz CT molecular complexity index is 243. The van der Waals surface area contributed by atoms with Crippen LogP contribution in [0.5, 0.6) is 0 Å². The van der Waals surface area contributed by atoms with Gasteiger partial charge in [-0.2, -0.15) is 0 Å². The van der Waals surface area contributed by atoms with Gasteiger partial charge in [-0.25, -0.2) is 0 Å². The molecule has 0 aliphatic rings. The van der Waals surface area contributed by atoms with Gasteiger partial charge in [0.25, 0.3) is 0 Å². The molecule has 0 aromatic heterocycles. The highest BCUT2D eigenvalue weighted by Crippen LogP contribution is 2.21. The Hall–Kier alpha value is -0.820. The van der Waals surface area contributed by atoms with Crippen LogP contribution >= 0.6 is 0 Å². The molecule has 0 aliphatic carbocycles. The zero-order valence-electron chi connectivity index (χ0n) is 9.11. The minimum Gasteiger partial charge on any atom is -0.393 e. The zero-order valence-corrected chi connectivity index (χ0v) is 9.11. The predicted octanol–water partition coefficient (Wildman–Crippen LogP) is 3.34. The second-order valence-electron chi connectivity index (χ2n) is 3.91. The Balaban J connectivity index is 2.52. The summed E-state index contributed by atoms with van der Waals surface area (Å²) in [6, 6.07) is 10.2. The molecule has 14 heavy (non-hydrogen) atoms. The molecule has 0 spiro atoms. The summed E-state index contributed by atoms with van der Waals surface area (Å²) >= 11 is 0. The van der Waals surface area contributed by atoms with E-state index in [1.54, 1.807) is 0 Å². The fourth-order valence-corrected chi connectivity index (χ4v) is 1.64. The highest BCUT2D eigenvalue weighted by Gasteiger charge is 2.14. The van der Waals surface area contributed by atoms with Crippen LogP contribution in [0.4, 0.5) is 0 Å². The smallest absolute Gasteiger partial charge is 0.0606 e. The number of aliphatic hydroxyl groups is 1. The van der Waals surface area contributed by atoms with Crippen molar-refractivity contribution in [1.29, 1.82) is 0 Å². The van der Waals surface area contributed by atoms with Crippen LogP contribution in [-0.2, 0) is 0 Å². The standard InChI is InChI=1S/C13H20O/c1-3-4-10-13(14)11(2)12-8-6-5-7-9-12/h5-9,11,13-14H,3-4,10H2,1-2H3. The molecule has 0 bridgehead atoms. The predicted molar refractivity (Wildman–Crippen MR) is 60.4 cm³/mol. The Morgan fingerprint density at radius 3 is 2.43 bits per heavy atom. The monoisotopic (exact) mass is 192 g/mol. The zero-order chi connectivity index (χ0) is 10.4. The van der Waals surface area contributed by atoms with E-state index in [4.69, 9.17) is 0 Å². The van der Waals surface area contributed by atoms with Gasteiger partial charge in [-0.15, -0.1) is 0 Å². The highest BCUT2D eigenvalue weighted by atomic mass is 16.3. The van der Waals surface area contributed by atoms with E-state index in [1.165, 1.54) is 5.56 Å². The fourth-order valence-electron chi connectivity index (χ4n) is 1.64. The van der Waals surface area contributed by atoms with Gasteiger partial charge >= 0.3 is 0 Å². The molecule has 0 heterocycles. The van der Waals surface area contributed by atoms with Gasteiger partial charge in [-0.3, -0.25) is 0 Å². The molecule has 2 atom stereocenters. The Morgan fingerprint density at radius 2 is 1.86 bits per heavy atom. The van der Waals surface area contributed by atoms with Gasteiger partial charge in [0.1, 0.15) is 0 Å². The maximum atomic E-state index is 9.90. The van der Waals surface area contributed by atoms with Crippen molar-refractivity contribution < 1.29 is 5.11 Å². The molecule has 0 fully saturated rings. The normalized spacial score (nSPS) is 15.1. The molecule has 0 amide bonds. The number of hydrogen-bond acceptors (Lipinski definition) is 1. The average molecular weight is 192 g/mol. The second kappa shape index (κ2) is 5.82. The summed E-state index contributed by atoms with van der Waals surface area (Å²) < 4.78 is 0. The van der Waals surface area contributed by atoms with Gasteiger partial charge in [-0.1, -0.05) is 57.0 Å². The fraction of sp³-hybridized carbons (Fsp3) is 0.538. The van der Waals surface area contributed by atoms with Crippen molar-refractivity contribution in [1.82, 2.24) is 0 Å². The van der Waals surface area contributed by atoms with E-state index in [-0.39, 0.29) is 12.0 Å². The molecule has 1 rings (SSSR count). The first-order valence-corrected chi connectivity index (χ1v) is 5.48. The lowest BCUT2D eigenvalue weighted by Gasteiger charge is -2.18. The number of aliphatic hydroxyl groups excluding tert-OH is 1. The second-order valence-corrected chi connectivity index (χ2v) is 3.91. The summed E-state index contributed by atoms with van der Waals surface area (Å²) in [5, 5.41) is 9.90. The topological polar surface area (TPSA) is 20.2 Å². The van der Waals surface area contributed by atoms with E-state index in [1.807, 2.05) is 18.2 Å². The third-order valence-corrected chi connectivity index (χ3v) is 2.76. The van der Waals surface area contributed by atoms with Crippen LogP contribution in [0.1, 0.15) is 44.6 Å². The maximum Gasteiger partial charge on any atom is 0.0606 e. The van der Waals surface area contributed by atoms with E-state index in [0.717, 1.165) is 19.3 Å². The van der Waals surface area contributed by atoms with Crippen molar-refractivity contribution in [3.8, 4) is 0 Å². The lowest BCUT2D eigenvalue weighted by Crippen LogP contribution is -2.15. The average Bonchev–Trinajstić information content (AvgIpc) is 2.26. The van der Waals surface area contributed by atoms with Crippen molar-refractivity contribution in [2.75, 3.05) is 0 Å². The van der Waals surface area contributed by atoms with Crippen molar-refractivity contribution in [3.05, 3.63) is 35.9 Å². The van der Waals surface area contributed by atoms with Gasteiger partial charge in [0.15, 0.2) is 0 Å². The molecule has 1 heteroatoms. The van der Waals surface area contributed by atoms with Crippen LogP contribution in [0.15, 0.2) is 30.3 Å². The molecule has 2 unspecified atom stereocenters. The van der Waals surface area contributed by atoms with Gasteiger partial charge in [-0.05, 0) is 12.0 Å². The lowest BCUT2D eigenvalue weighted by molar-refractivity contribution is 0.137. The first-order valence-electron chi connectivity index (χ1n) is 5.48. The Labute approximate surface area is 86.8 Å². The van der Waals surface area contributed by atoms with Crippen LogP contribution in [0.3, 0.4) is 0 Å². The number of unbranched alkanes of at least 4 members (excludes halogenated alkanes) is 1. The van der Waals surface area contributed by atoms with E-state index in [0.29, 0.717) is 0 Å². The molecular weight excluding hydrogens is 172 g/mol. The van der Waals surface area contributed by atoms with E-state index in [9.17, 15) is 5.11 Å². The molecule has 1 aromatic rings. The summed E-state index contributed by atoms with van der Waals surface area (Å²) in [5.41, 5.74) is 1.23. The Morgan fingerprint density at radius 1 is 1.21 bits per heavy atom. The van der Waals surface area contributed by atoms with Crippen molar-refractivity contribution in [2.45, 2.75) is 45.1 Å². The minimum atomic E-state index is -0.197. The molecule has 1 N–H and O–H groups in total. The molecule has 1 nitrogen and oxygen atoms in total. The SMILES string of the molecule is CCCCC(O)C(C)c1ccccc1. The molecule has 0 radical (unpaired) electrons. The third-order valence-electron chi connectivity index (χ3n) is 2.76. The quantitative estimate of drug-likeness (QED) is 0.758. The van der Waals surface area contributed by atoms with Gasteiger partial charge in [0.05, 0.1) is 6.10 Å². The van der Waals surface area contributed by atoms with E-state index in [2.05, 4.69) is 26.0 Å². The molecular formula is C13H20O. The maximum absolute atomic E-state index is 9.90. The van der Waals surface area contributed by atoms with Crippen molar-refractivity contribution in [2.24, 2.45) is 0 Å². The summed E-state index contributed by atoms with van der Waals surface area (Å²) in [7, 11) is 0. The number of hydrogen-bond donors (Lipinski definition) is 1. The molecule has 1 aromatic carbocycles. The third kappa shape index (κ3) is 3.15. The first kappa shape index (κ1) is 11.3. The number of rotatable bonds is 5. The van der Waals surface area contributed by atoms with Crippen molar-refractivity contribution in [3.63, 3.8) is 0 Å². The van der Waals surface area contributed by atoms with Gasteiger partial charge < -0.3 is 5.11 Å². The minimum absolute atomic E-state index is 0.197. The van der Waals surface area contributed by atoms with Crippen molar-refractivity contribution >= 4 is 0 Å². The molecule has 0 saturated heterocycles. The molecule has 0 aliphatic heterocycles. The van der Waals surface area contributed by atoms with Crippen LogP contribution in [0.2, 0.25) is 0 Å². The lowest BCUT2D eigenvalue weighted by atomic mass is 9.92. The van der Waals surface area contributed by atoms with Crippen LogP contribution in [0.25, 0.3) is 0 Å². The number of benzene rings is 1. The Kier molecular flexibility index (Phi) is 4.68. The largest absolute Gasteiger partial charge is 0.393 e. The van der Waals surface area contributed by atoms with Gasteiger partial charge in [0.2, 0.25) is 0 Å². The van der Waals surface area contributed by atoms with Crippen LogP contribution in [-0.4, -0.2) is 11.2 Å². The summed E-state index contributed by atoms with van der Waals surface area (Å²) in [6.07, 6.45) is 2.97. The van der Waals surface area contributed by atoms with Crippen LogP contribution < -0.4 is 0 Å². The molecule has 0 saturated carbocycles. The molecule has 78 valence electrons. The summed E-state index contributed by atoms with van der Waals surface area (Å²) in [6.45, 7) is 4.25. The summed E-state index contributed by atoms with van der Waals surface area (Å²) in [5.74, 6) is 0.253. The summed E-state index contributed by atoms with van der Waals surface area (Å²) in [4.78, 5) is 0. The van der Waals surface area contributed by atoms with Gasteiger partial charge in [0, 0.05) is 5.92 Å². The van der Waals surface area contributed by atoms with E-state index < -0.39 is 0 Å². The van der Waals surface area contributed by atoms with Crippen LogP contribution in [0, 0.1) is 0 Å². The first-order chi connectivity index (χ1) is 6.75. The van der Waals surface area contributed by atoms with E-state index >= 15 is 0 Å².